The molecule has 1 rings (SSSR count). The highest BCUT2D eigenvalue weighted by atomic mass is 19.1. The topological polar surface area (TPSA) is 29.5 Å². The zero-order chi connectivity index (χ0) is 8.10. The molecular weight excluding hydrogens is 149 g/mol. The van der Waals surface area contributed by atoms with Crippen LogP contribution in [0.2, 0.25) is 0 Å². The molecule has 0 aliphatic carbocycles. The Labute approximate surface area is 65.1 Å². The Hall–Kier alpha value is -0.480. The molecule has 0 unspecified atom stereocenters. The van der Waals surface area contributed by atoms with E-state index in [4.69, 9.17) is 4.74 Å². The van der Waals surface area contributed by atoms with Crippen molar-refractivity contribution < 1.29 is 13.9 Å². The third-order valence-electron chi connectivity index (χ3n) is 1.73. The molecule has 0 aromatic carbocycles. The minimum absolute atomic E-state index is 0.0139. The first kappa shape index (κ1) is 8.62. The lowest BCUT2D eigenvalue weighted by molar-refractivity contribution is -0.129. The third kappa shape index (κ3) is 3.43. The quantitative estimate of drug-likeness (QED) is 0.554. The van der Waals surface area contributed by atoms with E-state index in [-0.39, 0.29) is 6.42 Å². The predicted octanol–water partition coefficient (Wildman–Crippen LogP) is 0.205. The summed E-state index contributed by atoms with van der Waals surface area (Å²) in [5, 5.41) is 0. The van der Waals surface area contributed by atoms with E-state index in [1.54, 1.807) is 0 Å². The average Bonchev–Trinajstić information content (AvgIpc) is 2.03. The summed E-state index contributed by atoms with van der Waals surface area (Å²) in [7, 11) is 0. The first-order valence-corrected chi connectivity index (χ1v) is 3.77. The predicted molar refractivity (Wildman–Crippen MR) is 38.0 cm³/mol. The van der Waals surface area contributed by atoms with Gasteiger partial charge in [0.25, 0.3) is 0 Å². The zero-order valence-corrected chi connectivity index (χ0v) is 6.38. The minimum atomic E-state index is -1.23. The number of nitrogens with zero attached hydrogens (tertiary/aromatic N) is 1. The van der Waals surface area contributed by atoms with Gasteiger partial charge < -0.3 is 4.74 Å². The second-order valence-electron chi connectivity index (χ2n) is 2.56. The Morgan fingerprint density at radius 3 is 2.64 bits per heavy atom. The fraction of sp³-hybridized carbons (Fsp3) is 0.857. The van der Waals surface area contributed by atoms with Crippen molar-refractivity contribution in [2.45, 2.75) is 6.42 Å². The maximum absolute atomic E-state index is 11.8. The van der Waals surface area contributed by atoms with Crippen LogP contribution in [0.1, 0.15) is 6.42 Å². The second kappa shape index (κ2) is 4.41. The van der Waals surface area contributed by atoms with Gasteiger partial charge in [0.1, 0.15) is 0 Å². The van der Waals surface area contributed by atoms with E-state index in [1.807, 2.05) is 4.90 Å². The molecule has 1 aliphatic rings. The first-order valence-electron chi connectivity index (χ1n) is 3.77. The number of ether oxygens (including phenoxy) is 1. The van der Waals surface area contributed by atoms with E-state index in [1.165, 1.54) is 0 Å². The molecule has 0 saturated carbocycles. The molecule has 0 amide bonds. The number of morpholine rings is 1. The molecule has 0 aromatic rings. The number of carbonyl (C=O) groups is 1. The van der Waals surface area contributed by atoms with Gasteiger partial charge in [0, 0.05) is 19.6 Å². The Kier molecular flexibility index (Phi) is 3.45. The lowest BCUT2D eigenvalue weighted by Crippen LogP contribution is -2.37. The number of carbonyl (C=O) groups excluding carboxylic acids is 1. The highest BCUT2D eigenvalue weighted by molar-refractivity contribution is 5.67. The Morgan fingerprint density at radius 1 is 1.45 bits per heavy atom. The molecule has 64 valence electrons. The Morgan fingerprint density at radius 2 is 2.09 bits per heavy atom. The van der Waals surface area contributed by atoms with Crippen LogP contribution in [0.4, 0.5) is 4.39 Å². The molecule has 0 bridgehead atoms. The van der Waals surface area contributed by atoms with Gasteiger partial charge >= 0.3 is 6.04 Å². The van der Waals surface area contributed by atoms with E-state index in [0.717, 1.165) is 13.1 Å². The summed E-state index contributed by atoms with van der Waals surface area (Å²) in [5.74, 6) is 0. The number of rotatable bonds is 3. The van der Waals surface area contributed by atoms with Gasteiger partial charge in [-0.2, -0.15) is 4.39 Å². The van der Waals surface area contributed by atoms with Crippen LogP contribution in [-0.4, -0.2) is 43.8 Å². The van der Waals surface area contributed by atoms with Gasteiger partial charge in [0.15, 0.2) is 0 Å². The highest BCUT2D eigenvalue weighted by Gasteiger charge is 2.10. The molecule has 11 heavy (non-hydrogen) atoms. The molecule has 1 saturated heterocycles. The SMILES string of the molecule is O=C(F)CCN1CCOCC1. The molecule has 4 heteroatoms. The Bertz CT molecular complexity index is 134. The van der Waals surface area contributed by atoms with Crippen molar-refractivity contribution in [1.82, 2.24) is 4.90 Å². The molecular formula is C7H12FNO2. The molecule has 3 nitrogen and oxygen atoms in total. The van der Waals surface area contributed by atoms with Crippen molar-refractivity contribution in [2.75, 3.05) is 32.8 Å². The lowest BCUT2D eigenvalue weighted by Gasteiger charge is -2.25. The van der Waals surface area contributed by atoms with E-state index in [9.17, 15) is 9.18 Å². The Balaban J connectivity index is 2.09. The molecule has 0 aromatic heterocycles. The van der Waals surface area contributed by atoms with Crippen molar-refractivity contribution in [2.24, 2.45) is 0 Å². The van der Waals surface area contributed by atoms with Crippen LogP contribution in [0.25, 0.3) is 0 Å². The van der Waals surface area contributed by atoms with E-state index < -0.39 is 6.04 Å². The van der Waals surface area contributed by atoms with Crippen LogP contribution in [0.5, 0.6) is 0 Å². The van der Waals surface area contributed by atoms with Crippen molar-refractivity contribution in [3.8, 4) is 0 Å². The first-order chi connectivity index (χ1) is 5.29. The number of hydrogen-bond acceptors (Lipinski definition) is 3. The fourth-order valence-electron chi connectivity index (χ4n) is 1.07. The largest absolute Gasteiger partial charge is 0.379 e. The highest BCUT2D eigenvalue weighted by Crippen LogP contribution is 1.98. The summed E-state index contributed by atoms with van der Waals surface area (Å²) in [6.07, 6.45) is 0.0139. The van der Waals surface area contributed by atoms with Gasteiger partial charge in [-0.25, -0.2) is 0 Å². The van der Waals surface area contributed by atoms with Crippen LogP contribution in [0.3, 0.4) is 0 Å². The average molecular weight is 161 g/mol. The van der Waals surface area contributed by atoms with Gasteiger partial charge in [-0.3, -0.25) is 9.69 Å². The molecule has 0 radical (unpaired) electrons. The molecule has 0 spiro atoms. The fourth-order valence-corrected chi connectivity index (χ4v) is 1.07. The van der Waals surface area contributed by atoms with E-state index in [0.29, 0.717) is 19.8 Å². The summed E-state index contributed by atoms with van der Waals surface area (Å²) in [4.78, 5) is 12.0. The van der Waals surface area contributed by atoms with Gasteiger partial charge in [-0.15, -0.1) is 0 Å². The monoisotopic (exact) mass is 161 g/mol. The number of hydrogen-bond donors (Lipinski definition) is 0. The third-order valence-corrected chi connectivity index (χ3v) is 1.73. The smallest absolute Gasteiger partial charge is 0.302 e. The van der Waals surface area contributed by atoms with Crippen LogP contribution in [-0.2, 0) is 9.53 Å². The molecule has 1 heterocycles. The standard InChI is InChI=1S/C7H12FNO2/c8-7(10)1-2-9-3-5-11-6-4-9/h1-6H2. The molecule has 0 atom stereocenters. The van der Waals surface area contributed by atoms with Crippen molar-refractivity contribution in [3.63, 3.8) is 0 Å². The van der Waals surface area contributed by atoms with Crippen molar-refractivity contribution >= 4 is 6.04 Å². The van der Waals surface area contributed by atoms with Gasteiger partial charge in [0.05, 0.1) is 19.6 Å². The van der Waals surface area contributed by atoms with E-state index in [2.05, 4.69) is 0 Å². The van der Waals surface area contributed by atoms with Gasteiger partial charge in [-0.1, -0.05) is 0 Å². The second-order valence-corrected chi connectivity index (χ2v) is 2.56. The number of halogens is 1. The summed E-state index contributed by atoms with van der Waals surface area (Å²) in [6.45, 7) is 3.54. The summed E-state index contributed by atoms with van der Waals surface area (Å²) in [5.41, 5.74) is 0. The van der Waals surface area contributed by atoms with Gasteiger partial charge in [0.2, 0.25) is 0 Å². The van der Waals surface area contributed by atoms with Crippen LogP contribution in [0, 0.1) is 0 Å². The summed E-state index contributed by atoms with van der Waals surface area (Å²) < 4.78 is 16.8. The summed E-state index contributed by atoms with van der Waals surface area (Å²) >= 11 is 0. The van der Waals surface area contributed by atoms with Gasteiger partial charge in [-0.05, 0) is 0 Å². The normalized spacial score (nSPS) is 20.1. The van der Waals surface area contributed by atoms with Crippen molar-refractivity contribution in [3.05, 3.63) is 0 Å². The lowest BCUT2D eigenvalue weighted by atomic mass is 10.3. The van der Waals surface area contributed by atoms with Crippen LogP contribution in [0.15, 0.2) is 0 Å². The molecule has 1 aliphatic heterocycles. The van der Waals surface area contributed by atoms with Crippen LogP contribution >= 0.6 is 0 Å². The van der Waals surface area contributed by atoms with E-state index >= 15 is 0 Å². The summed E-state index contributed by atoms with van der Waals surface area (Å²) in [6, 6.07) is -1.23. The maximum Gasteiger partial charge on any atom is 0.302 e. The minimum Gasteiger partial charge on any atom is -0.379 e. The van der Waals surface area contributed by atoms with Crippen molar-refractivity contribution in [1.29, 1.82) is 0 Å². The zero-order valence-electron chi connectivity index (χ0n) is 6.38. The van der Waals surface area contributed by atoms with Crippen LogP contribution < -0.4 is 0 Å². The maximum atomic E-state index is 11.8. The molecule has 0 N–H and O–H groups in total. The molecule has 1 fully saturated rings.